The van der Waals surface area contributed by atoms with Crippen molar-refractivity contribution in [3.05, 3.63) is 52.3 Å². The molecule has 2 aromatic rings. The predicted molar refractivity (Wildman–Crippen MR) is 75.6 cm³/mol. The van der Waals surface area contributed by atoms with Gasteiger partial charge in [-0.2, -0.15) is 0 Å². The van der Waals surface area contributed by atoms with Gasteiger partial charge in [0, 0.05) is 24.0 Å². The maximum absolute atomic E-state index is 12.1. The molecule has 0 saturated heterocycles. The summed E-state index contributed by atoms with van der Waals surface area (Å²) in [6, 6.07) is 7.92. The van der Waals surface area contributed by atoms with Crippen molar-refractivity contribution in [2.45, 2.75) is 13.5 Å². The Labute approximate surface area is 115 Å². The molecule has 7 nitrogen and oxygen atoms in total. The van der Waals surface area contributed by atoms with Crippen LogP contribution in [0.2, 0.25) is 0 Å². The molecule has 3 N–H and O–H groups in total. The number of amides is 1. The number of nitro groups is 1. The summed E-state index contributed by atoms with van der Waals surface area (Å²) in [6.45, 7) is 2.28. The number of aryl methyl sites for hydroxylation is 1. The molecule has 0 spiro atoms. The first kappa shape index (κ1) is 13.6. The standard InChI is InChI=1S/C13H14N4O3/c1-2-16-8-11(17(19)20)7-12(16)13(18)15-10-5-3-9(14)4-6-10/h3-8H,2,14H2,1H3,(H,15,18). The summed E-state index contributed by atoms with van der Waals surface area (Å²) >= 11 is 0. The molecule has 0 aliphatic heterocycles. The number of aromatic nitrogens is 1. The fraction of sp³-hybridized carbons (Fsp3) is 0.154. The smallest absolute Gasteiger partial charge is 0.287 e. The Bertz CT molecular complexity index is 646. The second-order valence-electron chi connectivity index (χ2n) is 4.20. The Morgan fingerprint density at radius 1 is 1.40 bits per heavy atom. The predicted octanol–water partition coefficient (Wildman–Crippen LogP) is 2.25. The third kappa shape index (κ3) is 2.77. The van der Waals surface area contributed by atoms with E-state index in [1.54, 1.807) is 24.3 Å². The van der Waals surface area contributed by atoms with Crippen LogP contribution in [0.5, 0.6) is 0 Å². The van der Waals surface area contributed by atoms with E-state index >= 15 is 0 Å². The minimum Gasteiger partial charge on any atom is -0.399 e. The van der Waals surface area contributed by atoms with Crippen molar-refractivity contribution >= 4 is 23.0 Å². The van der Waals surface area contributed by atoms with E-state index in [-0.39, 0.29) is 11.4 Å². The van der Waals surface area contributed by atoms with Crippen molar-refractivity contribution in [1.29, 1.82) is 0 Å². The van der Waals surface area contributed by atoms with Crippen LogP contribution in [0.1, 0.15) is 17.4 Å². The zero-order chi connectivity index (χ0) is 14.7. The maximum atomic E-state index is 12.1. The molecule has 1 amide bonds. The van der Waals surface area contributed by atoms with Gasteiger partial charge in [0.05, 0.1) is 11.1 Å². The van der Waals surface area contributed by atoms with Gasteiger partial charge in [-0.05, 0) is 31.2 Å². The second kappa shape index (κ2) is 5.43. The van der Waals surface area contributed by atoms with Gasteiger partial charge in [0.25, 0.3) is 11.6 Å². The normalized spacial score (nSPS) is 10.2. The Balaban J connectivity index is 2.24. The van der Waals surface area contributed by atoms with Crippen LogP contribution >= 0.6 is 0 Å². The van der Waals surface area contributed by atoms with Crippen LogP contribution in [-0.2, 0) is 6.54 Å². The summed E-state index contributed by atoms with van der Waals surface area (Å²) in [5.74, 6) is -0.398. The molecule has 0 bridgehead atoms. The Kier molecular flexibility index (Phi) is 3.69. The number of nitrogens with two attached hydrogens (primary N) is 1. The highest BCUT2D eigenvalue weighted by atomic mass is 16.6. The summed E-state index contributed by atoms with van der Waals surface area (Å²) in [4.78, 5) is 22.4. The van der Waals surface area contributed by atoms with Gasteiger partial charge >= 0.3 is 0 Å². The highest BCUT2D eigenvalue weighted by Gasteiger charge is 2.18. The first-order chi connectivity index (χ1) is 9.51. The van der Waals surface area contributed by atoms with Crippen molar-refractivity contribution in [3.63, 3.8) is 0 Å². The molecule has 1 aromatic heterocycles. The van der Waals surface area contributed by atoms with Crippen LogP contribution in [0.15, 0.2) is 36.5 Å². The zero-order valence-corrected chi connectivity index (χ0v) is 10.9. The topological polar surface area (TPSA) is 103 Å². The Morgan fingerprint density at radius 3 is 2.60 bits per heavy atom. The number of rotatable bonds is 4. The SMILES string of the molecule is CCn1cc([N+](=O)[O-])cc1C(=O)Nc1ccc(N)cc1. The molecule has 0 unspecified atom stereocenters. The molecule has 1 heterocycles. The van der Waals surface area contributed by atoms with E-state index in [4.69, 9.17) is 5.73 Å². The number of anilines is 2. The second-order valence-corrected chi connectivity index (χ2v) is 4.20. The van der Waals surface area contributed by atoms with Crippen molar-refractivity contribution in [3.8, 4) is 0 Å². The largest absolute Gasteiger partial charge is 0.399 e. The molecule has 0 aliphatic rings. The number of carbonyl (C=O) groups is 1. The van der Waals surface area contributed by atoms with E-state index in [1.165, 1.54) is 16.8 Å². The van der Waals surface area contributed by atoms with Crippen molar-refractivity contribution in [1.82, 2.24) is 4.57 Å². The van der Waals surface area contributed by atoms with Crippen LogP contribution in [0.25, 0.3) is 0 Å². The van der Waals surface area contributed by atoms with E-state index < -0.39 is 10.8 Å². The highest BCUT2D eigenvalue weighted by molar-refractivity contribution is 6.03. The Hall–Kier alpha value is -2.83. The van der Waals surface area contributed by atoms with Crippen LogP contribution in [0, 0.1) is 10.1 Å². The summed E-state index contributed by atoms with van der Waals surface area (Å²) in [7, 11) is 0. The zero-order valence-electron chi connectivity index (χ0n) is 10.9. The number of hydrogen-bond acceptors (Lipinski definition) is 4. The Morgan fingerprint density at radius 2 is 2.05 bits per heavy atom. The molecule has 0 saturated carbocycles. The number of nitrogen functional groups attached to an aromatic ring is 1. The lowest BCUT2D eigenvalue weighted by molar-refractivity contribution is -0.384. The number of hydrogen-bond donors (Lipinski definition) is 2. The number of benzene rings is 1. The molecule has 0 fully saturated rings. The van der Waals surface area contributed by atoms with E-state index in [0.29, 0.717) is 17.9 Å². The molecule has 20 heavy (non-hydrogen) atoms. The monoisotopic (exact) mass is 274 g/mol. The minimum absolute atomic E-state index is 0.102. The van der Waals surface area contributed by atoms with Gasteiger partial charge in [0.2, 0.25) is 0 Å². The quantitative estimate of drug-likeness (QED) is 0.507. The van der Waals surface area contributed by atoms with E-state index in [1.807, 2.05) is 6.92 Å². The first-order valence-corrected chi connectivity index (χ1v) is 6.02. The molecular weight excluding hydrogens is 260 g/mol. The third-order valence-electron chi connectivity index (χ3n) is 2.83. The summed E-state index contributed by atoms with van der Waals surface area (Å²) < 4.78 is 1.53. The molecule has 0 aliphatic carbocycles. The van der Waals surface area contributed by atoms with E-state index in [0.717, 1.165) is 0 Å². The lowest BCUT2D eigenvalue weighted by atomic mass is 10.2. The van der Waals surface area contributed by atoms with Gasteiger partial charge in [-0.25, -0.2) is 0 Å². The fourth-order valence-corrected chi connectivity index (χ4v) is 1.81. The van der Waals surface area contributed by atoms with Gasteiger partial charge in [-0.15, -0.1) is 0 Å². The number of nitrogens with zero attached hydrogens (tertiary/aromatic N) is 2. The van der Waals surface area contributed by atoms with E-state index in [2.05, 4.69) is 5.32 Å². The molecule has 7 heteroatoms. The van der Waals surface area contributed by atoms with Crippen LogP contribution in [0.4, 0.5) is 17.1 Å². The number of nitrogens with one attached hydrogen (secondary N) is 1. The first-order valence-electron chi connectivity index (χ1n) is 6.02. The van der Waals surface area contributed by atoms with Crippen LogP contribution < -0.4 is 11.1 Å². The van der Waals surface area contributed by atoms with Crippen molar-refractivity contribution in [2.75, 3.05) is 11.1 Å². The van der Waals surface area contributed by atoms with Crippen molar-refractivity contribution in [2.24, 2.45) is 0 Å². The van der Waals surface area contributed by atoms with Gasteiger partial charge in [-0.1, -0.05) is 0 Å². The van der Waals surface area contributed by atoms with Crippen LogP contribution in [0.3, 0.4) is 0 Å². The fourth-order valence-electron chi connectivity index (χ4n) is 1.81. The van der Waals surface area contributed by atoms with Crippen LogP contribution in [-0.4, -0.2) is 15.4 Å². The molecular formula is C13H14N4O3. The number of carbonyl (C=O) groups excluding carboxylic acids is 1. The average Bonchev–Trinajstić information content (AvgIpc) is 2.86. The van der Waals surface area contributed by atoms with Gasteiger partial charge in [0.15, 0.2) is 0 Å². The van der Waals surface area contributed by atoms with Gasteiger partial charge in [0.1, 0.15) is 5.69 Å². The van der Waals surface area contributed by atoms with E-state index in [9.17, 15) is 14.9 Å². The molecule has 2 rings (SSSR count). The van der Waals surface area contributed by atoms with Crippen molar-refractivity contribution < 1.29 is 9.72 Å². The summed E-state index contributed by atoms with van der Waals surface area (Å²) in [5, 5.41) is 13.4. The highest BCUT2D eigenvalue weighted by Crippen LogP contribution is 2.18. The molecule has 104 valence electrons. The minimum atomic E-state index is -0.522. The lowest BCUT2D eigenvalue weighted by Crippen LogP contribution is -2.16. The summed E-state index contributed by atoms with van der Waals surface area (Å²) in [6.07, 6.45) is 1.35. The lowest BCUT2D eigenvalue weighted by Gasteiger charge is -2.07. The van der Waals surface area contributed by atoms with Gasteiger partial charge < -0.3 is 15.6 Å². The maximum Gasteiger partial charge on any atom is 0.287 e. The summed E-state index contributed by atoms with van der Waals surface area (Å²) in [5.41, 5.74) is 6.88. The third-order valence-corrected chi connectivity index (χ3v) is 2.83. The molecule has 0 radical (unpaired) electrons. The van der Waals surface area contributed by atoms with Gasteiger partial charge in [-0.3, -0.25) is 14.9 Å². The average molecular weight is 274 g/mol. The molecule has 0 atom stereocenters. The molecule has 1 aromatic carbocycles.